The summed E-state index contributed by atoms with van der Waals surface area (Å²) < 4.78 is 0.653. The molecule has 1 fully saturated rings. The van der Waals surface area contributed by atoms with Crippen molar-refractivity contribution in [3.63, 3.8) is 0 Å². The van der Waals surface area contributed by atoms with Gasteiger partial charge in [0, 0.05) is 23.7 Å². The molecule has 0 amide bonds. The molecule has 1 aliphatic heterocycles. The van der Waals surface area contributed by atoms with Gasteiger partial charge in [-0.3, -0.25) is 5.32 Å². The molecule has 0 bridgehead atoms. The molecule has 0 saturated carbocycles. The molecule has 1 unspecified atom stereocenters. The summed E-state index contributed by atoms with van der Waals surface area (Å²) in [5, 5.41) is 3.63. The molecule has 1 nitrogen and oxygen atoms in total. The highest BCUT2D eigenvalue weighted by molar-refractivity contribution is 8.65. The molecule has 1 atom stereocenters. The van der Waals surface area contributed by atoms with E-state index in [-0.39, 0.29) is 0 Å². The summed E-state index contributed by atoms with van der Waals surface area (Å²) in [6.45, 7) is 14.8. The summed E-state index contributed by atoms with van der Waals surface area (Å²) in [6.07, 6.45) is 0. The zero-order valence-corrected chi connectivity index (χ0v) is 14.0. The predicted octanol–water partition coefficient (Wildman–Crippen LogP) is 4.50. The van der Waals surface area contributed by atoms with Crippen LogP contribution in [0.2, 0.25) is 0 Å². The van der Waals surface area contributed by atoms with Crippen molar-refractivity contribution in [3.05, 3.63) is 0 Å². The highest BCUT2D eigenvalue weighted by Gasteiger charge is 2.51. The Bertz CT molecular complexity index is 191. The topological polar surface area (TPSA) is 12.0 Å². The molecule has 0 radical (unpaired) electrons. The molecule has 1 saturated heterocycles. The maximum absolute atomic E-state index is 3.63. The maximum Gasteiger partial charge on any atom is 0.138 e. The molecule has 0 aromatic rings. The van der Waals surface area contributed by atoms with Gasteiger partial charge in [-0.05, 0) is 41.5 Å². The van der Waals surface area contributed by atoms with Crippen LogP contribution in [0.1, 0.15) is 41.5 Å². The number of nitrogens with one attached hydrogen (secondary N) is 1. The van der Waals surface area contributed by atoms with Gasteiger partial charge in [0.25, 0.3) is 0 Å². The van der Waals surface area contributed by atoms with Crippen molar-refractivity contribution in [1.29, 1.82) is 0 Å². The van der Waals surface area contributed by atoms with Crippen molar-refractivity contribution in [1.82, 2.24) is 5.32 Å². The third kappa shape index (κ3) is 3.10. The van der Waals surface area contributed by atoms with Crippen molar-refractivity contribution in [2.45, 2.75) is 63.2 Å². The molecule has 1 aliphatic rings. The van der Waals surface area contributed by atoms with Gasteiger partial charge < -0.3 is 0 Å². The monoisotopic (exact) mass is 280 g/mol. The largest absolute Gasteiger partial charge is 0.293 e. The number of thioether (sulfide) groups is 1. The van der Waals surface area contributed by atoms with Crippen LogP contribution >= 0.6 is 29.6 Å². The van der Waals surface area contributed by atoms with Crippen LogP contribution in [0.25, 0.3) is 0 Å². The van der Waals surface area contributed by atoms with Crippen LogP contribution < -0.4 is 5.32 Å². The van der Waals surface area contributed by atoms with Gasteiger partial charge in [-0.2, -0.15) is 0 Å². The third-order valence-corrected chi connectivity index (χ3v) is 16.5. The van der Waals surface area contributed by atoms with E-state index in [4.69, 9.17) is 0 Å². The predicted molar refractivity (Wildman–Crippen MR) is 84.2 cm³/mol. The Kier molecular flexibility index (Phi) is 5.98. The van der Waals surface area contributed by atoms with E-state index in [0.717, 1.165) is 17.0 Å². The first kappa shape index (κ1) is 15.1. The fourth-order valence-electron chi connectivity index (χ4n) is 2.79. The van der Waals surface area contributed by atoms with E-state index in [9.17, 15) is 0 Å². The Morgan fingerprint density at radius 3 is 1.88 bits per heavy atom. The first-order valence-corrected chi connectivity index (χ1v) is 10.9. The Morgan fingerprint density at radius 2 is 1.56 bits per heavy atom. The molecule has 0 spiro atoms. The van der Waals surface area contributed by atoms with Gasteiger partial charge in [-0.25, -0.2) is 0 Å². The molecule has 0 aromatic carbocycles. The van der Waals surface area contributed by atoms with Gasteiger partial charge in [0.05, 0.1) is 23.4 Å². The minimum Gasteiger partial charge on any atom is -0.293 e. The molecule has 1 N–H and O–H groups in total. The Hall–Kier alpha value is 1.09. The molecular weight excluding hydrogens is 253 g/mol. The lowest BCUT2D eigenvalue weighted by molar-refractivity contribution is 0.854. The minimum absolute atomic E-state index is 0.653. The quantitative estimate of drug-likeness (QED) is 0.745. The molecule has 1 rings (SSSR count). The summed E-state index contributed by atoms with van der Waals surface area (Å²) in [4.78, 5) is 0. The van der Waals surface area contributed by atoms with Gasteiger partial charge in [-0.15, -0.1) is 11.8 Å². The lowest BCUT2D eigenvalue weighted by Gasteiger charge is -2.37. The first-order chi connectivity index (χ1) is 7.41. The standard InChI is InChI=1S/C12H27NPS2/c1-9(2)14(10(3)4,11(5)6)16-12-13-7-8-15-12/h9-13H,7-8H2,1-6H3/q+1. The van der Waals surface area contributed by atoms with E-state index < -0.39 is 6.46 Å². The van der Waals surface area contributed by atoms with Crippen molar-refractivity contribution in [3.8, 4) is 0 Å². The fraction of sp³-hybridized carbons (Fsp3) is 1.00. The molecule has 4 heteroatoms. The molecular formula is C12H27NPS2+. The zero-order chi connectivity index (χ0) is 12.3. The molecule has 96 valence electrons. The van der Waals surface area contributed by atoms with E-state index >= 15 is 0 Å². The summed E-state index contributed by atoms with van der Waals surface area (Å²) >= 11 is 4.39. The highest BCUT2D eigenvalue weighted by Crippen LogP contribution is 2.80. The number of rotatable bonds is 5. The van der Waals surface area contributed by atoms with Gasteiger partial charge in [-0.1, -0.05) is 0 Å². The zero-order valence-electron chi connectivity index (χ0n) is 11.5. The summed E-state index contributed by atoms with van der Waals surface area (Å²) in [7, 11) is 0. The van der Waals surface area contributed by atoms with E-state index in [2.05, 4.69) is 70.0 Å². The minimum atomic E-state index is -0.928. The number of hydrogen-bond acceptors (Lipinski definition) is 3. The molecule has 16 heavy (non-hydrogen) atoms. The van der Waals surface area contributed by atoms with Crippen LogP contribution in [-0.2, 0) is 0 Å². The lowest BCUT2D eigenvalue weighted by Crippen LogP contribution is -2.25. The van der Waals surface area contributed by atoms with E-state index in [1.54, 1.807) is 0 Å². The fourth-order valence-corrected chi connectivity index (χ4v) is 14.1. The van der Waals surface area contributed by atoms with E-state index in [1.165, 1.54) is 12.3 Å². The van der Waals surface area contributed by atoms with Crippen molar-refractivity contribution >= 4 is 29.6 Å². The first-order valence-electron chi connectivity index (χ1n) is 6.32. The molecule has 0 aliphatic carbocycles. The lowest BCUT2D eigenvalue weighted by atomic mass is 10.5. The van der Waals surface area contributed by atoms with E-state index in [1.807, 2.05) is 0 Å². The summed E-state index contributed by atoms with van der Waals surface area (Å²) in [5.41, 5.74) is 2.50. The summed E-state index contributed by atoms with van der Waals surface area (Å²) in [5.74, 6) is 1.28. The smallest absolute Gasteiger partial charge is 0.138 e. The van der Waals surface area contributed by atoms with Gasteiger partial charge >= 0.3 is 0 Å². The maximum atomic E-state index is 3.63. The third-order valence-electron chi connectivity index (χ3n) is 3.38. The second-order valence-electron chi connectivity index (χ2n) is 5.31. The van der Waals surface area contributed by atoms with Crippen LogP contribution in [0.5, 0.6) is 0 Å². The van der Waals surface area contributed by atoms with Gasteiger partial charge in [0.1, 0.15) is 4.71 Å². The second kappa shape index (κ2) is 6.31. The average Bonchev–Trinajstić information content (AvgIpc) is 2.64. The van der Waals surface area contributed by atoms with Gasteiger partial charge in [0.2, 0.25) is 0 Å². The van der Waals surface area contributed by atoms with Crippen LogP contribution in [0.15, 0.2) is 0 Å². The van der Waals surface area contributed by atoms with Gasteiger partial charge in [0.15, 0.2) is 0 Å². The van der Waals surface area contributed by atoms with Crippen molar-refractivity contribution in [2.24, 2.45) is 0 Å². The van der Waals surface area contributed by atoms with Crippen molar-refractivity contribution < 1.29 is 0 Å². The molecule has 1 heterocycles. The summed E-state index contributed by atoms with van der Waals surface area (Å²) in [6, 6.07) is 0. The van der Waals surface area contributed by atoms with Crippen LogP contribution in [0.4, 0.5) is 0 Å². The van der Waals surface area contributed by atoms with Crippen LogP contribution in [0, 0.1) is 0 Å². The molecule has 0 aromatic heterocycles. The van der Waals surface area contributed by atoms with Crippen LogP contribution in [0.3, 0.4) is 0 Å². The average molecular weight is 280 g/mol. The normalized spacial score (nSPS) is 22.7. The van der Waals surface area contributed by atoms with Crippen LogP contribution in [-0.4, -0.2) is 34.0 Å². The SMILES string of the molecule is CC(C)[P+](SC1NCCS1)(C(C)C)C(C)C. The number of hydrogen-bond donors (Lipinski definition) is 1. The Labute approximate surface area is 110 Å². The highest BCUT2D eigenvalue weighted by atomic mass is 32.7. The van der Waals surface area contributed by atoms with Crippen molar-refractivity contribution in [2.75, 3.05) is 12.3 Å². The van der Waals surface area contributed by atoms with E-state index in [0.29, 0.717) is 4.71 Å². The second-order valence-corrected chi connectivity index (χ2v) is 14.7. The Morgan fingerprint density at radius 1 is 1.06 bits per heavy atom. The Balaban J connectivity index is 2.82.